The number of aromatic nitrogens is 4. The summed E-state index contributed by atoms with van der Waals surface area (Å²) in [5.41, 5.74) is 0.785. The monoisotopic (exact) mass is 237 g/mol. The topological polar surface area (TPSA) is 55.1 Å². The fourth-order valence-corrected chi connectivity index (χ4v) is 2.06. The van der Waals surface area contributed by atoms with Gasteiger partial charge in [-0.15, -0.1) is 21.8 Å². The average molecular weight is 238 g/mol. The second-order valence-corrected chi connectivity index (χ2v) is 4.52. The minimum atomic E-state index is 0.0241. The first-order valence-electron chi connectivity index (χ1n) is 5.25. The highest BCUT2D eigenvalue weighted by Crippen LogP contribution is 2.39. The van der Waals surface area contributed by atoms with Crippen molar-refractivity contribution in [1.29, 1.82) is 0 Å². The van der Waals surface area contributed by atoms with Gasteiger partial charge in [-0.05, 0) is 19.8 Å². The van der Waals surface area contributed by atoms with Crippen molar-refractivity contribution in [2.75, 3.05) is 11.2 Å². The lowest BCUT2D eigenvalue weighted by molar-refractivity contribution is 0.827. The molecule has 0 radical (unpaired) electrons. The van der Waals surface area contributed by atoms with Gasteiger partial charge in [0.2, 0.25) is 5.65 Å². The molecule has 0 saturated heterocycles. The number of alkyl halides is 1. The molecular weight excluding hydrogens is 226 g/mol. The van der Waals surface area contributed by atoms with E-state index in [9.17, 15) is 0 Å². The summed E-state index contributed by atoms with van der Waals surface area (Å²) in [7, 11) is 0. The summed E-state index contributed by atoms with van der Waals surface area (Å²) >= 11 is 5.93. The summed E-state index contributed by atoms with van der Waals surface area (Å²) < 4.78 is 1.92. The van der Waals surface area contributed by atoms with Crippen molar-refractivity contribution in [2.45, 2.75) is 25.3 Å². The van der Waals surface area contributed by atoms with E-state index >= 15 is 0 Å². The zero-order valence-electron chi connectivity index (χ0n) is 8.94. The van der Waals surface area contributed by atoms with Gasteiger partial charge in [0.25, 0.3) is 0 Å². The first kappa shape index (κ1) is 9.84. The lowest BCUT2D eigenvalue weighted by Gasteiger charge is -2.14. The van der Waals surface area contributed by atoms with Gasteiger partial charge < -0.3 is 5.32 Å². The van der Waals surface area contributed by atoms with Crippen LogP contribution in [-0.2, 0) is 0 Å². The minimum absolute atomic E-state index is 0.0241. The Labute approximate surface area is 97.8 Å². The molecule has 0 unspecified atom stereocenters. The van der Waals surface area contributed by atoms with E-state index in [0.29, 0.717) is 5.88 Å². The molecule has 0 aromatic carbocycles. The van der Waals surface area contributed by atoms with Gasteiger partial charge in [-0.3, -0.25) is 4.40 Å². The Balaban J connectivity index is 2.03. The molecule has 0 aliphatic heterocycles. The number of aryl methyl sites for hydroxylation is 1. The van der Waals surface area contributed by atoms with Gasteiger partial charge in [0, 0.05) is 18.3 Å². The number of hydrogen-bond donors (Lipinski definition) is 1. The van der Waals surface area contributed by atoms with Gasteiger partial charge in [0.15, 0.2) is 5.82 Å². The highest BCUT2D eigenvalue weighted by molar-refractivity contribution is 6.19. The Morgan fingerprint density at radius 1 is 1.50 bits per heavy atom. The average Bonchev–Trinajstić information content (AvgIpc) is 2.98. The third kappa shape index (κ3) is 1.43. The molecule has 2 aromatic rings. The van der Waals surface area contributed by atoms with Crippen molar-refractivity contribution in [3.8, 4) is 0 Å². The van der Waals surface area contributed by atoms with Crippen molar-refractivity contribution in [1.82, 2.24) is 19.6 Å². The number of rotatable bonds is 3. The summed E-state index contributed by atoms with van der Waals surface area (Å²) in [6, 6.07) is 0. The van der Waals surface area contributed by atoms with Crippen LogP contribution in [0.3, 0.4) is 0 Å². The fraction of sp³-hybridized carbons (Fsp3) is 0.500. The molecule has 3 rings (SSSR count). The lowest BCUT2D eigenvalue weighted by atomic mass is 10.3. The summed E-state index contributed by atoms with van der Waals surface area (Å²) in [5, 5.41) is 11.5. The maximum atomic E-state index is 5.93. The Morgan fingerprint density at radius 3 is 3.00 bits per heavy atom. The maximum absolute atomic E-state index is 5.93. The van der Waals surface area contributed by atoms with Crippen LogP contribution >= 0.6 is 11.6 Å². The number of fused-ring (bicyclic) bond motifs is 1. The highest BCUT2D eigenvalue weighted by atomic mass is 35.5. The molecule has 1 N–H and O–H groups in total. The molecule has 1 fully saturated rings. The molecule has 2 heterocycles. The zero-order valence-corrected chi connectivity index (χ0v) is 9.70. The number of anilines is 1. The quantitative estimate of drug-likeness (QED) is 0.825. The molecular formula is C10H12ClN5. The molecule has 0 atom stereocenters. The van der Waals surface area contributed by atoms with Gasteiger partial charge >= 0.3 is 0 Å². The van der Waals surface area contributed by atoms with Crippen LogP contribution in [0, 0.1) is 6.92 Å². The SMILES string of the molecule is Cc1nnc2c(NC3(CCl)CC3)nccn12. The van der Waals surface area contributed by atoms with E-state index in [-0.39, 0.29) is 5.54 Å². The van der Waals surface area contributed by atoms with Crippen LogP contribution in [0.5, 0.6) is 0 Å². The smallest absolute Gasteiger partial charge is 0.203 e. The fourth-order valence-electron chi connectivity index (χ4n) is 1.72. The van der Waals surface area contributed by atoms with Crippen LogP contribution in [0.15, 0.2) is 12.4 Å². The molecule has 0 bridgehead atoms. The van der Waals surface area contributed by atoms with Crippen molar-refractivity contribution in [3.05, 3.63) is 18.2 Å². The van der Waals surface area contributed by atoms with E-state index < -0.39 is 0 Å². The molecule has 1 aliphatic carbocycles. The number of halogens is 1. The molecule has 0 spiro atoms. The number of hydrogen-bond acceptors (Lipinski definition) is 4. The Hall–Kier alpha value is -1.36. The summed E-state index contributed by atoms with van der Waals surface area (Å²) in [6.07, 6.45) is 5.78. The summed E-state index contributed by atoms with van der Waals surface area (Å²) in [5.74, 6) is 2.22. The Morgan fingerprint density at radius 2 is 2.31 bits per heavy atom. The van der Waals surface area contributed by atoms with Gasteiger partial charge in [-0.1, -0.05) is 0 Å². The number of nitrogens with zero attached hydrogens (tertiary/aromatic N) is 4. The first-order chi connectivity index (χ1) is 7.74. The molecule has 6 heteroatoms. The van der Waals surface area contributed by atoms with Crippen molar-refractivity contribution in [2.24, 2.45) is 0 Å². The van der Waals surface area contributed by atoms with Crippen molar-refractivity contribution < 1.29 is 0 Å². The van der Waals surface area contributed by atoms with E-state index in [2.05, 4.69) is 20.5 Å². The van der Waals surface area contributed by atoms with Gasteiger partial charge in [0.05, 0.1) is 5.54 Å². The highest BCUT2D eigenvalue weighted by Gasteiger charge is 2.42. The minimum Gasteiger partial charge on any atom is -0.360 e. The zero-order chi connectivity index (χ0) is 11.2. The molecule has 0 amide bonds. The van der Waals surface area contributed by atoms with Crippen LogP contribution in [0.25, 0.3) is 5.65 Å². The standard InChI is InChI=1S/C10H12ClN5/c1-7-14-15-9-8(12-4-5-16(7)9)13-10(6-11)2-3-10/h4-5H,2-3,6H2,1H3,(H,12,13). The predicted molar refractivity (Wildman–Crippen MR) is 61.8 cm³/mol. The van der Waals surface area contributed by atoms with Crippen LogP contribution in [-0.4, -0.2) is 31.0 Å². The van der Waals surface area contributed by atoms with Crippen LogP contribution in [0.1, 0.15) is 18.7 Å². The van der Waals surface area contributed by atoms with E-state index in [1.54, 1.807) is 6.20 Å². The van der Waals surface area contributed by atoms with E-state index in [1.165, 1.54) is 0 Å². The van der Waals surface area contributed by atoms with Gasteiger partial charge in [0.1, 0.15) is 5.82 Å². The van der Waals surface area contributed by atoms with Crippen LogP contribution < -0.4 is 5.32 Å². The molecule has 5 nitrogen and oxygen atoms in total. The van der Waals surface area contributed by atoms with Crippen LogP contribution in [0.2, 0.25) is 0 Å². The predicted octanol–water partition coefficient (Wildman–Crippen LogP) is 1.62. The largest absolute Gasteiger partial charge is 0.360 e. The Kier molecular flexibility index (Phi) is 2.04. The second-order valence-electron chi connectivity index (χ2n) is 4.26. The van der Waals surface area contributed by atoms with E-state index in [4.69, 9.17) is 11.6 Å². The molecule has 2 aromatic heterocycles. The summed E-state index contributed by atoms with van der Waals surface area (Å²) in [4.78, 5) is 4.30. The van der Waals surface area contributed by atoms with E-state index in [0.717, 1.165) is 30.1 Å². The normalized spacial score (nSPS) is 17.6. The van der Waals surface area contributed by atoms with Crippen molar-refractivity contribution in [3.63, 3.8) is 0 Å². The molecule has 84 valence electrons. The van der Waals surface area contributed by atoms with E-state index in [1.807, 2.05) is 17.5 Å². The molecule has 16 heavy (non-hydrogen) atoms. The lowest BCUT2D eigenvalue weighted by Crippen LogP contribution is -2.24. The summed E-state index contributed by atoms with van der Waals surface area (Å²) in [6.45, 7) is 1.91. The van der Waals surface area contributed by atoms with Gasteiger partial charge in [-0.25, -0.2) is 4.98 Å². The molecule has 1 aliphatic rings. The first-order valence-corrected chi connectivity index (χ1v) is 5.78. The van der Waals surface area contributed by atoms with Crippen LogP contribution in [0.4, 0.5) is 5.82 Å². The third-order valence-electron chi connectivity index (χ3n) is 2.99. The Bertz CT molecular complexity index is 531. The van der Waals surface area contributed by atoms with Crippen molar-refractivity contribution >= 4 is 23.1 Å². The second kappa shape index (κ2) is 3.31. The third-order valence-corrected chi connectivity index (χ3v) is 3.50. The maximum Gasteiger partial charge on any atom is 0.203 e. The number of nitrogens with one attached hydrogen (secondary N) is 1. The van der Waals surface area contributed by atoms with Gasteiger partial charge in [-0.2, -0.15) is 0 Å². The molecule has 1 saturated carbocycles.